The fraction of sp³-hybridized carbons (Fsp3) is 0. The summed E-state index contributed by atoms with van der Waals surface area (Å²) in [4.78, 5) is 15.6. The Morgan fingerprint density at radius 2 is 1.55 bits per heavy atom. The first-order valence-electron chi connectivity index (χ1n) is 6.29. The molecule has 0 bridgehead atoms. The molecule has 1 aromatic heterocycles. The van der Waals surface area contributed by atoms with Crippen LogP contribution >= 0.6 is 22.6 Å². The molecule has 2 nitrogen and oxygen atoms in total. The Hall–Kier alpha value is -1.88. The molecule has 0 amide bonds. The first kappa shape index (κ1) is 13.1. The van der Waals surface area contributed by atoms with E-state index < -0.39 is 0 Å². The molecule has 0 atom stereocenters. The van der Waals surface area contributed by atoms with Gasteiger partial charge in [0, 0.05) is 14.8 Å². The van der Waals surface area contributed by atoms with Gasteiger partial charge in [-0.25, -0.2) is 0 Å². The van der Waals surface area contributed by atoms with E-state index in [0.29, 0.717) is 11.3 Å². The molecule has 0 radical (unpaired) electrons. The Balaban J connectivity index is 1.90. The fourth-order valence-electron chi connectivity index (χ4n) is 2.07. The summed E-state index contributed by atoms with van der Waals surface area (Å²) in [6, 6.07) is 21.3. The standard InChI is InChI=1S/C17H12INO/c18-14-8-6-13(7-9-14)17(20)16-11-10-15(19-16)12-4-2-1-3-5-12/h1-11,19H. The summed E-state index contributed by atoms with van der Waals surface area (Å²) in [6.07, 6.45) is 0. The lowest BCUT2D eigenvalue weighted by atomic mass is 10.1. The van der Waals surface area contributed by atoms with Crippen molar-refractivity contribution in [2.45, 2.75) is 0 Å². The van der Waals surface area contributed by atoms with Gasteiger partial charge in [-0.15, -0.1) is 0 Å². The van der Waals surface area contributed by atoms with Crippen LogP contribution in [0.3, 0.4) is 0 Å². The summed E-state index contributed by atoms with van der Waals surface area (Å²) in [7, 11) is 0. The lowest BCUT2D eigenvalue weighted by molar-refractivity contribution is 0.103. The molecule has 1 heterocycles. The molecule has 20 heavy (non-hydrogen) atoms. The lowest BCUT2D eigenvalue weighted by Crippen LogP contribution is -2.01. The summed E-state index contributed by atoms with van der Waals surface area (Å²) >= 11 is 2.23. The van der Waals surface area contributed by atoms with E-state index in [1.165, 1.54) is 0 Å². The van der Waals surface area contributed by atoms with Crippen LogP contribution in [-0.4, -0.2) is 10.8 Å². The van der Waals surface area contributed by atoms with Crippen LogP contribution in [0.4, 0.5) is 0 Å². The van der Waals surface area contributed by atoms with Gasteiger partial charge in [0.05, 0.1) is 5.69 Å². The van der Waals surface area contributed by atoms with Gasteiger partial charge in [0.15, 0.2) is 0 Å². The predicted molar refractivity (Wildman–Crippen MR) is 88.8 cm³/mol. The Kier molecular flexibility index (Phi) is 3.69. The van der Waals surface area contributed by atoms with Crippen molar-refractivity contribution >= 4 is 28.4 Å². The minimum atomic E-state index is 0.0172. The van der Waals surface area contributed by atoms with Crippen LogP contribution in [-0.2, 0) is 0 Å². The molecule has 0 aliphatic carbocycles. The predicted octanol–water partition coefficient (Wildman–Crippen LogP) is 4.52. The van der Waals surface area contributed by atoms with Crippen LogP contribution in [0.2, 0.25) is 0 Å². The maximum atomic E-state index is 12.4. The average molecular weight is 373 g/mol. The van der Waals surface area contributed by atoms with Gasteiger partial charge in [-0.1, -0.05) is 30.3 Å². The summed E-state index contributed by atoms with van der Waals surface area (Å²) in [5.74, 6) is 0.0172. The zero-order valence-electron chi connectivity index (χ0n) is 10.6. The second-order valence-corrected chi connectivity index (χ2v) is 5.73. The average Bonchev–Trinajstić information content (AvgIpc) is 2.98. The number of benzene rings is 2. The molecular weight excluding hydrogens is 361 g/mol. The van der Waals surface area contributed by atoms with Gasteiger partial charge in [-0.05, 0) is 64.6 Å². The van der Waals surface area contributed by atoms with Crippen LogP contribution < -0.4 is 0 Å². The van der Waals surface area contributed by atoms with Crippen molar-refractivity contribution in [3.05, 3.63) is 81.6 Å². The van der Waals surface area contributed by atoms with Crippen molar-refractivity contribution in [1.29, 1.82) is 0 Å². The van der Waals surface area contributed by atoms with Crippen molar-refractivity contribution in [3.8, 4) is 11.3 Å². The number of aromatic amines is 1. The highest BCUT2D eigenvalue weighted by atomic mass is 127. The number of ketones is 1. The summed E-state index contributed by atoms with van der Waals surface area (Å²) in [5, 5.41) is 0. The fourth-order valence-corrected chi connectivity index (χ4v) is 2.43. The van der Waals surface area contributed by atoms with Crippen LogP contribution in [0.5, 0.6) is 0 Å². The van der Waals surface area contributed by atoms with Crippen LogP contribution in [0, 0.1) is 3.57 Å². The van der Waals surface area contributed by atoms with E-state index in [2.05, 4.69) is 27.6 Å². The van der Waals surface area contributed by atoms with Crippen molar-refractivity contribution in [2.24, 2.45) is 0 Å². The van der Waals surface area contributed by atoms with E-state index in [-0.39, 0.29) is 5.78 Å². The van der Waals surface area contributed by atoms with E-state index in [1.54, 1.807) is 0 Å². The molecule has 3 rings (SSSR count). The first-order valence-corrected chi connectivity index (χ1v) is 7.36. The van der Waals surface area contributed by atoms with Crippen LogP contribution in [0.1, 0.15) is 16.1 Å². The molecule has 3 heteroatoms. The minimum Gasteiger partial charge on any atom is -0.352 e. The van der Waals surface area contributed by atoms with Crippen molar-refractivity contribution < 1.29 is 4.79 Å². The highest BCUT2D eigenvalue weighted by Gasteiger charge is 2.11. The van der Waals surface area contributed by atoms with Gasteiger partial charge in [0.2, 0.25) is 5.78 Å². The lowest BCUT2D eigenvalue weighted by Gasteiger charge is -2.00. The number of nitrogens with one attached hydrogen (secondary N) is 1. The molecule has 3 aromatic rings. The molecule has 0 aliphatic heterocycles. The van der Waals surface area contributed by atoms with Gasteiger partial charge in [-0.3, -0.25) is 4.79 Å². The zero-order chi connectivity index (χ0) is 13.9. The summed E-state index contributed by atoms with van der Waals surface area (Å²) in [5.41, 5.74) is 3.35. The number of hydrogen-bond acceptors (Lipinski definition) is 1. The van der Waals surface area contributed by atoms with E-state index in [0.717, 1.165) is 14.8 Å². The number of hydrogen-bond donors (Lipinski definition) is 1. The molecule has 0 fully saturated rings. The molecule has 2 aromatic carbocycles. The number of aromatic nitrogens is 1. The second kappa shape index (κ2) is 5.63. The largest absolute Gasteiger partial charge is 0.352 e. The van der Waals surface area contributed by atoms with Gasteiger partial charge in [0.25, 0.3) is 0 Å². The highest BCUT2D eigenvalue weighted by Crippen LogP contribution is 2.19. The Bertz CT molecular complexity index is 729. The Morgan fingerprint density at radius 1 is 0.850 bits per heavy atom. The second-order valence-electron chi connectivity index (χ2n) is 4.49. The highest BCUT2D eigenvalue weighted by molar-refractivity contribution is 14.1. The van der Waals surface area contributed by atoms with E-state index >= 15 is 0 Å². The number of carbonyl (C=O) groups is 1. The molecule has 0 saturated carbocycles. The number of carbonyl (C=O) groups excluding carboxylic acids is 1. The number of rotatable bonds is 3. The quantitative estimate of drug-likeness (QED) is 0.532. The molecular formula is C17H12INO. The normalized spacial score (nSPS) is 10.4. The third-order valence-corrected chi connectivity index (χ3v) is 3.84. The third-order valence-electron chi connectivity index (χ3n) is 3.12. The zero-order valence-corrected chi connectivity index (χ0v) is 12.8. The number of H-pyrrole nitrogens is 1. The van der Waals surface area contributed by atoms with E-state index in [4.69, 9.17) is 0 Å². The monoisotopic (exact) mass is 373 g/mol. The topological polar surface area (TPSA) is 32.9 Å². The first-order chi connectivity index (χ1) is 9.74. The molecule has 0 aliphatic rings. The maximum Gasteiger partial charge on any atom is 0.209 e. The van der Waals surface area contributed by atoms with Crippen molar-refractivity contribution in [1.82, 2.24) is 4.98 Å². The van der Waals surface area contributed by atoms with Crippen LogP contribution in [0.15, 0.2) is 66.7 Å². The van der Waals surface area contributed by atoms with Crippen LogP contribution in [0.25, 0.3) is 11.3 Å². The number of halogens is 1. The van der Waals surface area contributed by atoms with Crippen molar-refractivity contribution in [2.75, 3.05) is 0 Å². The SMILES string of the molecule is O=C(c1ccc(I)cc1)c1ccc(-c2ccccc2)[nH]1. The van der Waals surface area contributed by atoms with Gasteiger partial charge < -0.3 is 4.98 Å². The summed E-state index contributed by atoms with van der Waals surface area (Å²) in [6.45, 7) is 0. The smallest absolute Gasteiger partial charge is 0.209 e. The Morgan fingerprint density at radius 3 is 2.25 bits per heavy atom. The van der Waals surface area contributed by atoms with Gasteiger partial charge in [-0.2, -0.15) is 0 Å². The molecule has 0 saturated heterocycles. The molecule has 0 spiro atoms. The van der Waals surface area contributed by atoms with Gasteiger partial charge in [0.1, 0.15) is 0 Å². The molecule has 98 valence electrons. The maximum absolute atomic E-state index is 12.4. The van der Waals surface area contributed by atoms with Crippen molar-refractivity contribution in [3.63, 3.8) is 0 Å². The van der Waals surface area contributed by atoms with E-state index in [9.17, 15) is 4.79 Å². The van der Waals surface area contributed by atoms with E-state index in [1.807, 2.05) is 66.7 Å². The Labute approximate surface area is 131 Å². The third kappa shape index (κ3) is 2.67. The molecule has 1 N–H and O–H groups in total. The molecule has 0 unspecified atom stereocenters. The minimum absolute atomic E-state index is 0.0172. The summed E-state index contributed by atoms with van der Waals surface area (Å²) < 4.78 is 1.12. The van der Waals surface area contributed by atoms with Gasteiger partial charge >= 0.3 is 0 Å².